The van der Waals surface area contributed by atoms with Gasteiger partial charge in [0.25, 0.3) is 0 Å². The van der Waals surface area contributed by atoms with Crippen molar-refractivity contribution in [2.45, 2.75) is 38.8 Å². The second-order valence-corrected chi connectivity index (χ2v) is 9.84. The molecule has 1 saturated carbocycles. The Bertz CT molecular complexity index is 1120. The molecule has 0 amide bonds. The lowest BCUT2D eigenvalue weighted by molar-refractivity contribution is 0.0581. The van der Waals surface area contributed by atoms with Crippen LogP contribution in [-0.2, 0) is 13.1 Å². The molecule has 1 aromatic carbocycles. The molecule has 2 fully saturated rings. The summed E-state index contributed by atoms with van der Waals surface area (Å²) in [5, 5.41) is 10.0. The van der Waals surface area contributed by atoms with E-state index in [1.165, 1.54) is 29.7 Å². The molecule has 154 valence electrons. The lowest BCUT2D eigenvalue weighted by Crippen LogP contribution is -2.62. The third kappa shape index (κ3) is 2.85. The van der Waals surface area contributed by atoms with Crippen molar-refractivity contribution in [2.75, 3.05) is 25.0 Å². The maximum absolute atomic E-state index is 6.29. The molecule has 2 aliphatic heterocycles. The van der Waals surface area contributed by atoms with E-state index in [2.05, 4.69) is 67.8 Å². The van der Waals surface area contributed by atoms with Crippen molar-refractivity contribution < 1.29 is 0 Å². The highest BCUT2D eigenvalue weighted by molar-refractivity contribution is 6.30. The molecule has 1 aliphatic carbocycles. The van der Waals surface area contributed by atoms with E-state index in [4.69, 9.17) is 11.6 Å². The van der Waals surface area contributed by atoms with Gasteiger partial charge in [0.05, 0.1) is 12.2 Å². The third-order valence-electron chi connectivity index (χ3n) is 6.89. The lowest BCUT2D eigenvalue weighted by Gasteiger charge is -2.59. The van der Waals surface area contributed by atoms with Crippen LogP contribution >= 0.6 is 11.6 Å². The molecule has 1 saturated heterocycles. The number of halogens is 1. The van der Waals surface area contributed by atoms with Crippen LogP contribution in [-0.4, -0.2) is 44.8 Å². The van der Waals surface area contributed by atoms with E-state index in [0.717, 1.165) is 48.7 Å². The average molecular weight is 421 g/mol. The summed E-state index contributed by atoms with van der Waals surface area (Å²) in [5.41, 5.74) is 4.09. The van der Waals surface area contributed by atoms with E-state index in [1.807, 2.05) is 12.3 Å². The Morgan fingerprint density at radius 3 is 2.70 bits per heavy atom. The van der Waals surface area contributed by atoms with Crippen molar-refractivity contribution in [3.8, 4) is 5.69 Å². The Hall–Kier alpha value is -2.44. The maximum Gasteiger partial charge on any atom is 0.151 e. The van der Waals surface area contributed by atoms with Crippen molar-refractivity contribution >= 4 is 17.4 Å². The van der Waals surface area contributed by atoms with E-state index < -0.39 is 0 Å². The SMILES string of the molecule is Cc1ccnc(N2CC3(CC(c4nnc5n4-c4ccc(Cl)cc4CN(C)C5)C3)C2)c1. The zero-order valence-electron chi connectivity index (χ0n) is 17.3. The number of rotatable bonds is 2. The molecular weight excluding hydrogens is 396 g/mol. The quantitative estimate of drug-likeness (QED) is 0.628. The summed E-state index contributed by atoms with van der Waals surface area (Å²) in [5.74, 6) is 3.70. The highest BCUT2D eigenvalue weighted by Gasteiger charge is 2.54. The Morgan fingerprint density at radius 2 is 1.90 bits per heavy atom. The number of aryl methyl sites for hydroxylation is 1. The van der Waals surface area contributed by atoms with Crippen LogP contribution in [0.3, 0.4) is 0 Å². The molecule has 30 heavy (non-hydrogen) atoms. The van der Waals surface area contributed by atoms with Gasteiger partial charge in [-0.15, -0.1) is 10.2 Å². The molecule has 3 aromatic rings. The van der Waals surface area contributed by atoms with Crippen molar-refractivity contribution in [2.24, 2.45) is 5.41 Å². The Kier molecular flexibility index (Phi) is 3.99. The highest BCUT2D eigenvalue weighted by Crippen LogP contribution is 2.56. The van der Waals surface area contributed by atoms with Gasteiger partial charge in [0.2, 0.25) is 0 Å². The molecule has 0 atom stereocenters. The van der Waals surface area contributed by atoms with Crippen LogP contribution in [0, 0.1) is 12.3 Å². The van der Waals surface area contributed by atoms with Crippen molar-refractivity contribution in [3.63, 3.8) is 0 Å². The minimum Gasteiger partial charge on any atom is -0.355 e. The molecule has 3 aliphatic rings. The summed E-state index contributed by atoms with van der Waals surface area (Å²) in [6.07, 6.45) is 4.25. The molecule has 1 spiro atoms. The monoisotopic (exact) mass is 420 g/mol. The smallest absolute Gasteiger partial charge is 0.151 e. The first-order valence-electron chi connectivity index (χ1n) is 10.6. The molecule has 7 heteroatoms. The van der Waals surface area contributed by atoms with E-state index in [-0.39, 0.29) is 0 Å². The van der Waals surface area contributed by atoms with Crippen LogP contribution in [0.1, 0.15) is 41.5 Å². The standard InChI is InChI=1S/C23H25ClN6/c1-15-5-6-25-20(7-15)29-13-23(14-29)9-17(10-23)22-27-26-21-12-28(2)11-16-8-18(24)3-4-19(16)30(21)22/h3-8,17H,9-14H2,1-2H3. The van der Waals surface area contributed by atoms with Gasteiger partial charge in [-0.05, 0) is 68.3 Å². The van der Waals surface area contributed by atoms with Crippen LogP contribution in [0.25, 0.3) is 5.69 Å². The van der Waals surface area contributed by atoms with Crippen molar-refractivity contribution in [1.29, 1.82) is 0 Å². The van der Waals surface area contributed by atoms with Crippen LogP contribution in [0.4, 0.5) is 5.82 Å². The number of benzene rings is 1. The number of anilines is 1. The molecular formula is C23H25ClN6. The van der Waals surface area contributed by atoms with E-state index >= 15 is 0 Å². The first-order valence-corrected chi connectivity index (χ1v) is 11.0. The van der Waals surface area contributed by atoms with Gasteiger partial charge in [0, 0.05) is 42.2 Å². The number of hydrogen-bond donors (Lipinski definition) is 0. The van der Waals surface area contributed by atoms with E-state index in [1.54, 1.807) is 0 Å². The number of hydrogen-bond acceptors (Lipinski definition) is 5. The fourth-order valence-electron chi connectivity index (χ4n) is 5.49. The molecule has 0 radical (unpaired) electrons. The molecule has 6 rings (SSSR count). The summed E-state index contributed by atoms with van der Waals surface area (Å²) in [6, 6.07) is 10.4. The predicted molar refractivity (Wildman–Crippen MR) is 117 cm³/mol. The van der Waals surface area contributed by atoms with Crippen LogP contribution in [0.2, 0.25) is 5.02 Å². The first-order chi connectivity index (χ1) is 14.5. The van der Waals surface area contributed by atoms with E-state index in [9.17, 15) is 0 Å². The first kappa shape index (κ1) is 18.3. The van der Waals surface area contributed by atoms with Crippen LogP contribution < -0.4 is 4.90 Å². The second kappa shape index (κ2) is 6.53. The number of nitrogens with zero attached hydrogens (tertiary/aromatic N) is 6. The van der Waals surface area contributed by atoms with Gasteiger partial charge in [0.15, 0.2) is 5.82 Å². The Morgan fingerprint density at radius 1 is 1.07 bits per heavy atom. The minimum absolute atomic E-state index is 0.410. The molecule has 0 bridgehead atoms. The van der Waals surface area contributed by atoms with Gasteiger partial charge in [-0.1, -0.05) is 11.6 Å². The summed E-state index contributed by atoms with van der Waals surface area (Å²) < 4.78 is 2.30. The zero-order valence-corrected chi connectivity index (χ0v) is 18.1. The zero-order chi connectivity index (χ0) is 20.5. The number of aromatic nitrogens is 4. The average Bonchev–Trinajstić information content (AvgIpc) is 2.96. The van der Waals surface area contributed by atoms with Gasteiger partial charge < -0.3 is 4.90 Å². The summed E-state index contributed by atoms with van der Waals surface area (Å²) >= 11 is 6.29. The second-order valence-electron chi connectivity index (χ2n) is 9.41. The minimum atomic E-state index is 0.410. The van der Waals surface area contributed by atoms with Crippen LogP contribution in [0.15, 0.2) is 36.5 Å². The molecule has 6 nitrogen and oxygen atoms in total. The number of pyridine rings is 1. The molecule has 0 N–H and O–H groups in total. The molecule has 2 aromatic heterocycles. The van der Waals surface area contributed by atoms with Gasteiger partial charge >= 0.3 is 0 Å². The summed E-state index contributed by atoms with van der Waals surface area (Å²) in [7, 11) is 2.12. The molecule has 4 heterocycles. The topological polar surface area (TPSA) is 50.1 Å². The molecule has 0 unspecified atom stereocenters. The van der Waals surface area contributed by atoms with Gasteiger partial charge in [-0.3, -0.25) is 9.47 Å². The van der Waals surface area contributed by atoms with E-state index in [0.29, 0.717) is 11.3 Å². The Labute approximate surface area is 181 Å². The maximum atomic E-state index is 6.29. The van der Waals surface area contributed by atoms with Gasteiger partial charge in [0.1, 0.15) is 11.6 Å². The highest BCUT2D eigenvalue weighted by atomic mass is 35.5. The van der Waals surface area contributed by atoms with Crippen LogP contribution in [0.5, 0.6) is 0 Å². The number of fused-ring (bicyclic) bond motifs is 3. The largest absolute Gasteiger partial charge is 0.355 e. The van der Waals surface area contributed by atoms with Gasteiger partial charge in [-0.25, -0.2) is 4.98 Å². The van der Waals surface area contributed by atoms with Crippen molar-refractivity contribution in [1.82, 2.24) is 24.6 Å². The van der Waals surface area contributed by atoms with Gasteiger partial charge in [-0.2, -0.15) is 0 Å². The lowest BCUT2D eigenvalue weighted by atomic mass is 9.57. The predicted octanol–water partition coefficient (Wildman–Crippen LogP) is 3.95. The normalized spacial score (nSPS) is 20.3. The fraction of sp³-hybridized carbons (Fsp3) is 0.435. The Balaban J connectivity index is 1.24. The van der Waals surface area contributed by atoms with Crippen molar-refractivity contribution in [3.05, 3.63) is 64.3 Å². The summed E-state index contributed by atoms with van der Waals surface area (Å²) in [4.78, 5) is 9.22. The third-order valence-corrected chi connectivity index (χ3v) is 7.13. The fourth-order valence-corrected chi connectivity index (χ4v) is 5.69. The summed E-state index contributed by atoms with van der Waals surface area (Å²) in [6.45, 7) is 5.97.